The molecule has 0 aliphatic heterocycles. The summed E-state index contributed by atoms with van der Waals surface area (Å²) in [5.74, 6) is -0.427. The van der Waals surface area contributed by atoms with Crippen LogP contribution in [0.2, 0.25) is 0 Å². The Hall–Kier alpha value is -1.69. The van der Waals surface area contributed by atoms with Gasteiger partial charge in [-0.25, -0.2) is 4.39 Å². The number of aromatic nitrogens is 1. The number of nitrogens with zero attached hydrogens (tertiary/aromatic N) is 1. The van der Waals surface area contributed by atoms with Crippen molar-refractivity contribution in [3.63, 3.8) is 0 Å². The first kappa shape index (κ1) is 13.7. The molecule has 0 radical (unpaired) electrons. The first-order valence-corrected chi connectivity index (χ1v) is 6.09. The summed E-state index contributed by atoms with van der Waals surface area (Å²) in [6.45, 7) is 0.313. The van der Waals surface area contributed by atoms with Gasteiger partial charge in [-0.3, -0.25) is 0 Å². The van der Waals surface area contributed by atoms with Crippen molar-refractivity contribution in [2.24, 2.45) is 18.5 Å². The number of aliphatic hydroxyl groups is 1. The Morgan fingerprint density at radius 3 is 2.68 bits per heavy atom. The van der Waals surface area contributed by atoms with Crippen LogP contribution >= 0.6 is 0 Å². The van der Waals surface area contributed by atoms with E-state index in [2.05, 4.69) is 0 Å². The number of rotatable bonds is 4. The number of hydrogen-bond donors (Lipinski definition) is 3. The third kappa shape index (κ3) is 2.68. The van der Waals surface area contributed by atoms with Gasteiger partial charge in [0.25, 0.3) is 0 Å². The Labute approximate surface area is 111 Å². The van der Waals surface area contributed by atoms with Crippen LogP contribution in [0, 0.1) is 5.82 Å². The molecule has 2 aromatic rings. The lowest BCUT2D eigenvalue weighted by Gasteiger charge is -2.10. The number of hydrogen-bond acceptors (Lipinski definition) is 3. The second-order valence-electron chi connectivity index (χ2n) is 4.58. The molecule has 1 aromatic heterocycles. The van der Waals surface area contributed by atoms with Crippen LogP contribution in [-0.2, 0) is 7.05 Å². The summed E-state index contributed by atoms with van der Waals surface area (Å²) in [5.41, 5.74) is 13.1. The third-order valence-electron chi connectivity index (χ3n) is 3.21. The lowest BCUT2D eigenvalue weighted by atomic mass is 10.0. The van der Waals surface area contributed by atoms with E-state index in [1.807, 2.05) is 7.05 Å². The minimum atomic E-state index is -1.01. The molecule has 0 saturated carbocycles. The van der Waals surface area contributed by atoms with Gasteiger partial charge in [0, 0.05) is 36.6 Å². The van der Waals surface area contributed by atoms with Crippen molar-refractivity contribution >= 4 is 0 Å². The van der Waals surface area contributed by atoms with Crippen LogP contribution in [0.4, 0.5) is 4.39 Å². The van der Waals surface area contributed by atoms with Gasteiger partial charge in [0.2, 0.25) is 0 Å². The van der Waals surface area contributed by atoms with Crippen molar-refractivity contribution in [3.8, 4) is 0 Å². The minimum absolute atomic E-state index is 0.251. The highest BCUT2D eigenvalue weighted by molar-refractivity contribution is 5.32. The molecule has 0 saturated heterocycles. The highest BCUT2D eigenvalue weighted by atomic mass is 19.1. The van der Waals surface area contributed by atoms with Crippen LogP contribution in [0.15, 0.2) is 36.5 Å². The average Bonchev–Trinajstić information content (AvgIpc) is 2.80. The Bertz CT molecular complexity index is 568. The van der Waals surface area contributed by atoms with Gasteiger partial charge in [-0.05, 0) is 12.1 Å². The lowest BCUT2D eigenvalue weighted by Crippen LogP contribution is -2.22. The van der Waals surface area contributed by atoms with Crippen molar-refractivity contribution in [1.82, 2.24) is 4.57 Å². The molecule has 0 fully saturated rings. The molecule has 102 valence electrons. The quantitative estimate of drug-likeness (QED) is 0.775. The van der Waals surface area contributed by atoms with Crippen LogP contribution in [-0.4, -0.2) is 16.2 Å². The van der Waals surface area contributed by atoms with Gasteiger partial charge in [0.05, 0.1) is 6.04 Å². The third-order valence-corrected chi connectivity index (χ3v) is 3.21. The normalized spacial score (nSPS) is 14.4. The highest BCUT2D eigenvalue weighted by Crippen LogP contribution is 2.26. The summed E-state index contributed by atoms with van der Waals surface area (Å²) in [5, 5.41) is 10.2. The van der Waals surface area contributed by atoms with E-state index in [1.54, 1.807) is 35.0 Å². The summed E-state index contributed by atoms with van der Waals surface area (Å²) in [7, 11) is 1.82. The first-order valence-electron chi connectivity index (χ1n) is 6.09. The monoisotopic (exact) mass is 263 g/mol. The second-order valence-corrected chi connectivity index (χ2v) is 4.58. The first-order chi connectivity index (χ1) is 9.04. The van der Waals surface area contributed by atoms with E-state index in [9.17, 15) is 9.50 Å². The van der Waals surface area contributed by atoms with E-state index < -0.39 is 11.9 Å². The minimum Gasteiger partial charge on any atom is -0.383 e. The zero-order valence-electron chi connectivity index (χ0n) is 10.8. The zero-order valence-corrected chi connectivity index (χ0v) is 10.8. The predicted molar refractivity (Wildman–Crippen MR) is 71.9 cm³/mol. The fourth-order valence-corrected chi connectivity index (χ4v) is 2.12. The van der Waals surface area contributed by atoms with Gasteiger partial charge in [-0.1, -0.05) is 18.2 Å². The Morgan fingerprint density at radius 2 is 2.05 bits per heavy atom. The number of aliphatic hydroxyl groups excluding tert-OH is 1. The van der Waals surface area contributed by atoms with E-state index in [0.29, 0.717) is 12.1 Å². The van der Waals surface area contributed by atoms with E-state index in [1.165, 1.54) is 6.07 Å². The smallest absolute Gasteiger partial charge is 0.129 e. The van der Waals surface area contributed by atoms with Gasteiger partial charge in [-0.2, -0.15) is 0 Å². The molecule has 5 heteroatoms. The van der Waals surface area contributed by atoms with Crippen LogP contribution in [0.5, 0.6) is 0 Å². The van der Waals surface area contributed by atoms with Crippen molar-refractivity contribution in [1.29, 1.82) is 0 Å². The molecular weight excluding hydrogens is 245 g/mol. The largest absolute Gasteiger partial charge is 0.383 e. The molecule has 19 heavy (non-hydrogen) atoms. The maximum atomic E-state index is 13.6. The molecule has 0 spiro atoms. The van der Waals surface area contributed by atoms with Gasteiger partial charge < -0.3 is 21.1 Å². The fraction of sp³-hybridized carbons (Fsp3) is 0.286. The van der Waals surface area contributed by atoms with Gasteiger partial charge in [0.15, 0.2) is 0 Å². The number of nitrogens with two attached hydrogens (primary N) is 2. The summed E-state index contributed by atoms with van der Waals surface area (Å²) in [6, 6.07) is 7.63. The molecule has 0 bridgehead atoms. The topological polar surface area (TPSA) is 77.2 Å². The lowest BCUT2D eigenvalue weighted by molar-refractivity contribution is 0.215. The zero-order chi connectivity index (χ0) is 14.0. The SMILES string of the molecule is Cn1cc(C(O)c2ccccc2F)cc1C(N)CN. The summed E-state index contributed by atoms with van der Waals surface area (Å²) in [6.07, 6.45) is 0.730. The highest BCUT2D eigenvalue weighted by Gasteiger charge is 2.18. The van der Waals surface area contributed by atoms with Crippen molar-refractivity contribution < 1.29 is 9.50 Å². The van der Waals surface area contributed by atoms with E-state index >= 15 is 0 Å². The Kier molecular flexibility index (Phi) is 3.99. The standard InChI is InChI=1S/C14H18FN3O/c1-18-8-9(6-13(18)12(17)7-16)14(19)10-4-2-3-5-11(10)15/h2-6,8,12,14,19H,7,16-17H2,1H3. The van der Waals surface area contributed by atoms with Crippen LogP contribution in [0.1, 0.15) is 29.0 Å². The molecule has 2 unspecified atom stereocenters. The maximum absolute atomic E-state index is 13.6. The molecule has 5 N–H and O–H groups in total. The molecule has 0 amide bonds. The molecule has 2 atom stereocenters. The molecule has 1 heterocycles. The number of benzene rings is 1. The van der Waals surface area contributed by atoms with Crippen molar-refractivity contribution in [2.45, 2.75) is 12.1 Å². The summed E-state index contributed by atoms with van der Waals surface area (Å²) in [4.78, 5) is 0. The second kappa shape index (κ2) is 5.52. The number of aryl methyl sites for hydroxylation is 1. The molecule has 1 aromatic carbocycles. The Balaban J connectivity index is 2.35. The molecule has 0 aliphatic carbocycles. The molecular formula is C14H18FN3O. The van der Waals surface area contributed by atoms with E-state index in [-0.39, 0.29) is 11.6 Å². The van der Waals surface area contributed by atoms with Crippen molar-refractivity contribution in [3.05, 3.63) is 59.2 Å². The van der Waals surface area contributed by atoms with Gasteiger partial charge in [0.1, 0.15) is 11.9 Å². The van der Waals surface area contributed by atoms with E-state index in [4.69, 9.17) is 11.5 Å². The molecule has 4 nitrogen and oxygen atoms in total. The van der Waals surface area contributed by atoms with Crippen LogP contribution in [0.3, 0.4) is 0 Å². The predicted octanol–water partition coefficient (Wildman–Crippen LogP) is 1.20. The number of halogens is 1. The molecule has 2 rings (SSSR count). The van der Waals surface area contributed by atoms with E-state index in [0.717, 1.165) is 5.69 Å². The summed E-state index contributed by atoms with van der Waals surface area (Å²) >= 11 is 0. The fourth-order valence-electron chi connectivity index (χ4n) is 2.12. The maximum Gasteiger partial charge on any atom is 0.129 e. The van der Waals surface area contributed by atoms with Gasteiger partial charge in [-0.15, -0.1) is 0 Å². The van der Waals surface area contributed by atoms with Crippen molar-refractivity contribution in [2.75, 3.05) is 6.54 Å². The van der Waals surface area contributed by atoms with Crippen LogP contribution in [0.25, 0.3) is 0 Å². The molecule has 0 aliphatic rings. The Morgan fingerprint density at radius 1 is 1.37 bits per heavy atom. The van der Waals surface area contributed by atoms with Crippen LogP contribution < -0.4 is 11.5 Å². The average molecular weight is 263 g/mol. The van der Waals surface area contributed by atoms with Gasteiger partial charge >= 0.3 is 0 Å². The summed E-state index contributed by atoms with van der Waals surface area (Å²) < 4.78 is 15.4.